The second-order valence-corrected chi connectivity index (χ2v) is 6.41. The number of nitrogens with zero attached hydrogens (tertiary/aromatic N) is 1. The summed E-state index contributed by atoms with van der Waals surface area (Å²) in [5, 5.41) is 12.1. The van der Waals surface area contributed by atoms with Crippen LogP contribution in [-0.4, -0.2) is 18.5 Å². The van der Waals surface area contributed by atoms with E-state index in [9.17, 15) is 14.9 Å². The van der Waals surface area contributed by atoms with E-state index in [1.807, 2.05) is 36.4 Å². The van der Waals surface area contributed by atoms with Gasteiger partial charge >= 0.3 is 5.97 Å². The molecule has 1 amide bonds. The minimum absolute atomic E-state index is 0.0636. The summed E-state index contributed by atoms with van der Waals surface area (Å²) in [4.78, 5) is 24.2. The monoisotopic (exact) mass is 412 g/mol. The van der Waals surface area contributed by atoms with Gasteiger partial charge in [0.2, 0.25) is 0 Å². The van der Waals surface area contributed by atoms with Gasteiger partial charge in [-0.3, -0.25) is 4.79 Å². The van der Waals surface area contributed by atoms with Crippen molar-refractivity contribution in [2.24, 2.45) is 0 Å². The van der Waals surface area contributed by atoms with Gasteiger partial charge in [-0.2, -0.15) is 5.26 Å². The number of anilines is 1. The Labute approximate surface area is 180 Å². The van der Waals surface area contributed by atoms with E-state index >= 15 is 0 Å². The predicted molar refractivity (Wildman–Crippen MR) is 118 cm³/mol. The first-order valence-electron chi connectivity index (χ1n) is 9.62. The van der Waals surface area contributed by atoms with E-state index in [0.717, 1.165) is 0 Å². The predicted octanol–water partition coefficient (Wildman–Crippen LogP) is 5.20. The molecule has 0 fully saturated rings. The fraction of sp³-hybridized carbons (Fsp3) is 0.0800. The zero-order valence-corrected chi connectivity index (χ0v) is 16.9. The molecule has 154 valence electrons. The minimum Gasteiger partial charge on any atom is -0.462 e. The van der Waals surface area contributed by atoms with Gasteiger partial charge in [-0.15, -0.1) is 0 Å². The van der Waals surface area contributed by atoms with Gasteiger partial charge in [0, 0.05) is 5.69 Å². The van der Waals surface area contributed by atoms with Crippen LogP contribution in [0.3, 0.4) is 0 Å². The Kier molecular flexibility index (Phi) is 7.17. The molecular weight excluding hydrogens is 392 g/mol. The summed E-state index contributed by atoms with van der Waals surface area (Å²) in [6.07, 6.45) is 1.49. The number of hydrogen-bond acceptors (Lipinski definition) is 5. The lowest BCUT2D eigenvalue weighted by Gasteiger charge is -2.07. The summed E-state index contributed by atoms with van der Waals surface area (Å²) in [6, 6.07) is 24.6. The summed E-state index contributed by atoms with van der Waals surface area (Å²) in [6.45, 7) is 2.01. The molecule has 3 aromatic carbocycles. The van der Waals surface area contributed by atoms with Crippen LogP contribution in [0.1, 0.15) is 22.8 Å². The van der Waals surface area contributed by atoms with Crippen LogP contribution in [0.25, 0.3) is 6.08 Å². The van der Waals surface area contributed by atoms with Gasteiger partial charge in [0.15, 0.2) is 0 Å². The van der Waals surface area contributed by atoms with Crippen molar-refractivity contribution in [3.8, 4) is 17.6 Å². The molecule has 0 bridgehead atoms. The number of carbonyl (C=O) groups excluding carboxylic acids is 2. The minimum atomic E-state index is -0.555. The highest BCUT2D eigenvalue weighted by Crippen LogP contribution is 2.23. The zero-order chi connectivity index (χ0) is 22.1. The summed E-state index contributed by atoms with van der Waals surface area (Å²) in [5.41, 5.74) is 1.43. The first-order chi connectivity index (χ1) is 15.1. The SMILES string of the molecule is CCOC(=O)c1ccc(NC(=O)/C(C#N)=C/c2cccc(Oc3ccccc3)c2)cc1. The molecule has 0 spiro atoms. The number of ether oxygens (including phenoxy) is 2. The number of benzene rings is 3. The highest BCUT2D eigenvalue weighted by molar-refractivity contribution is 6.09. The molecule has 0 unspecified atom stereocenters. The van der Waals surface area contributed by atoms with Crippen molar-refractivity contribution in [2.45, 2.75) is 6.92 Å². The number of nitriles is 1. The van der Waals surface area contributed by atoms with Crippen molar-refractivity contribution in [2.75, 3.05) is 11.9 Å². The van der Waals surface area contributed by atoms with Crippen LogP contribution in [0.5, 0.6) is 11.5 Å². The highest BCUT2D eigenvalue weighted by Gasteiger charge is 2.11. The van der Waals surface area contributed by atoms with Crippen LogP contribution in [0.4, 0.5) is 5.69 Å². The molecule has 3 aromatic rings. The summed E-state index contributed by atoms with van der Waals surface area (Å²) in [5.74, 6) is 0.289. The topological polar surface area (TPSA) is 88.4 Å². The van der Waals surface area contributed by atoms with E-state index in [1.165, 1.54) is 6.08 Å². The van der Waals surface area contributed by atoms with Gasteiger partial charge in [0.1, 0.15) is 23.1 Å². The summed E-state index contributed by atoms with van der Waals surface area (Å²) >= 11 is 0. The Morgan fingerprint density at radius 1 is 0.968 bits per heavy atom. The molecule has 0 aliphatic rings. The standard InChI is InChI=1S/C25H20N2O4/c1-2-30-25(29)19-11-13-21(14-12-19)27-24(28)20(17-26)15-18-7-6-10-23(16-18)31-22-8-4-3-5-9-22/h3-16H,2H2,1H3,(H,27,28)/b20-15+. The third kappa shape index (κ3) is 6.05. The first kappa shape index (κ1) is 21.3. The maximum atomic E-state index is 12.5. The fourth-order valence-electron chi connectivity index (χ4n) is 2.71. The number of esters is 1. The molecule has 0 radical (unpaired) electrons. The average Bonchev–Trinajstić information content (AvgIpc) is 2.79. The Morgan fingerprint density at radius 3 is 2.35 bits per heavy atom. The normalized spacial score (nSPS) is 10.6. The van der Waals surface area contributed by atoms with Crippen molar-refractivity contribution in [1.82, 2.24) is 0 Å². The van der Waals surface area contributed by atoms with Gasteiger partial charge in [-0.1, -0.05) is 30.3 Å². The summed E-state index contributed by atoms with van der Waals surface area (Å²) in [7, 11) is 0. The maximum absolute atomic E-state index is 12.5. The average molecular weight is 412 g/mol. The van der Waals surface area contributed by atoms with Crippen LogP contribution >= 0.6 is 0 Å². The second kappa shape index (κ2) is 10.4. The van der Waals surface area contributed by atoms with Crippen LogP contribution in [0.2, 0.25) is 0 Å². The molecule has 0 saturated carbocycles. The number of hydrogen-bond donors (Lipinski definition) is 1. The van der Waals surface area contributed by atoms with E-state index in [0.29, 0.717) is 28.3 Å². The van der Waals surface area contributed by atoms with E-state index in [1.54, 1.807) is 55.5 Å². The molecule has 6 heteroatoms. The van der Waals surface area contributed by atoms with Crippen LogP contribution < -0.4 is 10.1 Å². The Balaban J connectivity index is 1.71. The zero-order valence-electron chi connectivity index (χ0n) is 16.9. The Hall–Kier alpha value is -4.37. The molecule has 1 N–H and O–H groups in total. The van der Waals surface area contributed by atoms with Crippen molar-refractivity contribution in [3.05, 3.63) is 95.6 Å². The van der Waals surface area contributed by atoms with Crippen molar-refractivity contribution in [1.29, 1.82) is 5.26 Å². The van der Waals surface area contributed by atoms with E-state index in [-0.39, 0.29) is 12.2 Å². The van der Waals surface area contributed by atoms with E-state index in [4.69, 9.17) is 9.47 Å². The van der Waals surface area contributed by atoms with Crippen LogP contribution in [0.15, 0.2) is 84.4 Å². The number of amides is 1. The molecule has 0 heterocycles. The Morgan fingerprint density at radius 2 is 1.68 bits per heavy atom. The highest BCUT2D eigenvalue weighted by atomic mass is 16.5. The quantitative estimate of drug-likeness (QED) is 0.327. The molecule has 0 aliphatic heterocycles. The third-order valence-corrected chi connectivity index (χ3v) is 4.17. The van der Waals surface area contributed by atoms with Crippen molar-refractivity contribution < 1.29 is 19.1 Å². The molecule has 0 aliphatic carbocycles. The molecular formula is C25H20N2O4. The van der Waals surface area contributed by atoms with Gasteiger partial charge in [-0.05, 0) is 67.1 Å². The van der Waals surface area contributed by atoms with Crippen LogP contribution in [-0.2, 0) is 9.53 Å². The van der Waals surface area contributed by atoms with E-state index < -0.39 is 11.9 Å². The molecule has 0 atom stereocenters. The van der Waals surface area contributed by atoms with E-state index in [2.05, 4.69) is 5.32 Å². The van der Waals surface area contributed by atoms with Gasteiger partial charge in [-0.25, -0.2) is 4.79 Å². The van der Waals surface area contributed by atoms with Crippen LogP contribution in [0, 0.1) is 11.3 Å². The molecule has 3 rings (SSSR count). The molecule has 31 heavy (non-hydrogen) atoms. The third-order valence-electron chi connectivity index (χ3n) is 4.17. The lowest BCUT2D eigenvalue weighted by molar-refractivity contribution is -0.112. The number of para-hydroxylation sites is 1. The number of rotatable bonds is 7. The summed E-state index contributed by atoms with van der Waals surface area (Å²) < 4.78 is 10.7. The number of nitrogens with one attached hydrogen (secondary N) is 1. The fourth-order valence-corrected chi connectivity index (χ4v) is 2.71. The Bertz CT molecular complexity index is 1130. The molecule has 6 nitrogen and oxygen atoms in total. The van der Waals surface area contributed by atoms with Gasteiger partial charge in [0.05, 0.1) is 12.2 Å². The lowest BCUT2D eigenvalue weighted by Crippen LogP contribution is -2.13. The molecule has 0 aromatic heterocycles. The van der Waals surface area contributed by atoms with Gasteiger partial charge in [0.25, 0.3) is 5.91 Å². The largest absolute Gasteiger partial charge is 0.462 e. The maximum Gasteiger partial charge on any atom is 0.338 e. The lowest BCUT2D eigenvalue weighted by atomic mass is 10.1. The van der Waals surface area contributed by atoms with Crippen molar-refractivity contribution >= 4 is 23.6 Å². The first-order valence-corrected chi connectivity index (χ1v) is 9.62. The molecule has 0 saturated heterocycles. The second-order valence-electron chi connectivity index (χ2n) is 6.41. The van der Waals surface area contributed by atoms with Gasteiger partial charge < -0.3 is 14.8 Å². The number of carbonyl (C=O) groups is 2. The smallest absolute Gasteiger partial charge is 0.338 e. The van der Waals surface area contributed by atoms with Crippen molar-refractivity contribution in [3.63, 3.8) is 0 Å².